The molecule has 0 unspecified atom stereocenters. The smallest absolute Gasteiger partial charge is 0.336 e. The highest BCUT2D eigenvalue weighted by Gasteiger charge is 2.15. The first kappa shape index (κ1) is 16.9. The van der Waals surface area contributed by atoms with Crippen molar-refractivity contribution in [3.8, 4) is 11.5 Å². The number of benzene rings is 2. The third kappa shape index (κ3) is 3.66. The topological polar surface area (TPSA) is 55.8 Å². The van der Waals surface area contributed by atoms with Crippen LogP contribution in [0.25, 0.3) is 11.6 Å². The Labute approximate surface area is 139 Å². The van der Waals surface area contributed by atoms with Gasteiger partial charge < -0.3 is 14.6 Å². The minimum atomic E-state index is -1.03. The van der Waals surface area contributed by atoms with Gasteiger partial charge in [-0.1, -0.05) is 41.4 Å². The predicted molar refractivity (Wildman–Crippen MR) is 91.2 cm³/mol. The largest absolute Gasteiger partial charge is 0.493 e. The van der Waals surface area contributed by atoms with Crippen LogP contribution in [0.1, 0.15) is 16.7 Å². The van der Waals surface area contributed by atoms with Crippen LogP contribution >= 0.6 is 11.6 Å². The molecule has 4 nitrogen and oxygen atoms in total. The van der Waals surface area contributed by atoms with Gasteiger partial charge in [0.25, 0.3) is 0 Å². The van der Waals surface area contributed by atoms with Gasteiger partial charge in [0.15, 0.2) is 11.5 Å². The number of aliphatic carboxylic acids is 1. The number of methoxy groups -OCH3 is 2. The van der Waals surface area contributed by atoms with Crippen molar-refractivity contribution in [3.63, 3.8) is 0 Å². The number of hydrogen-bond donors (Lipinski definition) is 1. The molecule has 0 saturated carbocycles. The zero-order valence-electron chi connectivity index (χ0n) is 13.1. The molecular weight excluding hydrogens is 316 g/mol. The van der Waals surface area contributed by atoms with Crippen molar-refractivity contribution in [1.29, 1.82) is 0 Å². The van der Waals surface area contributed by atoms with Gasteiger partial charge in [-0.05, 0) is 36.3 Å². The first-order valence-electron chi connectivity index (χ1n) is 6.90. The second-order valence-corrected chi connectivity index (χ2v) is 5.31. The Morgan fingerprint density at radius 1 is 1.09 bits per heavy atom. The van der Waals surface area contributed by atoms with Gasteiger partial charge in [-0.25, -0.2) is 4.79 Å². The average molecular weight is 333 g/mol. The Bertz CT molecular complexity index is 748. The van der Waals surface area contributed by atoms with E-state index in [4.69, 9.17) is 21.1 Å². The maximum Gasteiger partial charge on any atom is 0.336 e. The van der Waals surface area contributed by atoms with Gasteiger partial charge in [-0.3, -0.25) is 0 Å². The van der Waals surface area contributed by atoms with Crippen LogP contribution in [-0.4, -0.2) is 25.3 Å². The maximum atomic E-state index is 11.6. The van der Waals surface area contributed by atoms with Crippen molar-refractivity contribution in [3.05, 3.63) is 58.1 Å². The zero-order valence-corrected chi connectivity index (χ0v) is 13.8. The van der Waals surface area contributed by atoms with Crippen LogP contribution < -0.4 is 9.47 Å². The number of hydrogen-bond acceptors (Lipinski definition) is 3. The Kier molecular flexibility index (Phi) is 5.29. The first-order chi connectivity index (χ1) is 11.0. The van der Waals surface area contributed by atoms with Crippen molar-refractivity contribution >= 4 is 29.2 Å². The van der Waals surface area contributed by atoms with E-state index in [2.05, 4.69) is 0 Å². The molecule has 0 heterocycles. The molecule has 0 atom stereocenters. The molecule has 0 aliphatic carbocycles. The van der Waals surface area contributed by atoms with Crippen LogP contribution in [0.5, 0.6) is 11.5 Å². The number of aryl methyl sites for hydroxylation is 1. The van der Waals surface area contributed by atoms with Crippen molar-refractivity contribution < 1.29 is 19.4 Å². The summed E-state index contributed by atoms with van der Waals surface area (Å²) in [5.41, 5.74) is 2.36. The standard InChI is InChI=1S/C18H17ClO4/c1-11-4-6-12(7-5-11)14(18(20)21)10-13-8-9-15(22-2)17(23-3)16(13)19/h4-10H,1-3H3,(H,20,21)/b14-10-. The lowest BCUT2D eigenvalue weighted by Crippen LogP contribution is -2.00. The Morgan fingerprint density at radius 3 is 2.26 bits per heavy atom. The Hall–Kier alpha value is -2.46. The number of carboxylic acid groups (broad SMARTS) is 1. The highest BCUT2D eigenvalue weighted by Crippen LogP contribution is 2.38. The summed E-state index contributed by atoms with van der Waals surface area (Å²) in [5, 5.41) is 9.81. The SMILES string of the molecule is COc1ccc(/C=C(\C(=O)O)c2ccc(C)cc2)c(Cl)c1OC. The van der Waals surface area contributed by atoms with Crippen LogP contribution in [0.3, 0.4) is 0 Å². The third-order valence-corrected chi connectivity index (χ3v) is 3.80. The molecular formula is C18H17ClO4. The van der Waals surface area contributed by atoms with Crippen molar-refractivity contribution in [2.24, 2.45) is 0 Å². The molecule has 1 N–H and O–H groups in total. The molecule has 0 radical (unpaired) electrons. The number of carbonyl (C=O) groups is 1. The van der Waals surface area contributed by atoms with E-state index in [0.717, 1.165) is 5.56 Å². The van der Waals surface area contributed by atoms with Gasteiger partial charge >= 0.3 is 5.97 Å². The van der Waals surface area contributed by atoms with Crippen molar-refractivity contribution in [1.82, 2.24) is 0 Å². The summed E-state index contributed by atoms with van der Waals surface area (Å²) in [6.45, 7) is 1.94. The Morgan fingerprint density at radius 2 is 1.74 bits per heavy atom. The summed E-state index contributed by atoms with van der Waals surface area (Å²) < 4.78 is 10.4. The summed E-state index contributed by atoms with van der Waals surface area (Å²) in [4.78, 5) is 11.6. The molecule has 0 aromatic heterocycles. The second-order valence-electron chi connectivity index (χ2n) is 4.93. The van der Waals surface area contributed by atoms with E-state index in [1.165, 1.54) is 20.3 Å². The molecule has 0 bridgehead atoms. The lowest BCUT2D eigenvalue weighted by molar-refractivity contribution is -0.130. The molecule has 0 fully saturated rings. The quantitative estimate of drug-likeness (QED) is 0.655. The fraction of sp³-hybridized carbons (Fsp3) is 0.167. The van der Waals surface area contributed by atoms with Crippen molar-refractivity contribution in [2.45, 2.75) is 6.92 Å². The molecule has 0 saturated heterocycles. The van der Waals surface area contributed by atoms with E-state index in [1.54, 1.807) is 24.3 Å². The molecule has 2 rings (SSSR count). The minimum Gasteiger partial charge on any atom is -0.493 e. The lowest BCUT2D eigenvalue weighted by Gasteiger charge is -2.12. The number of rotatable bonds is 5. The third-order valence-electron chi connectivity index (χ3n) is 3.41. The fourth-order valence-corrected chi connectivity index (χ4v) is 2.46. The monoisotopic (exact) mass is 332 g/mol. The van der Waals surface area contributed by atoms with Crippen molar-refractivity contribution in [2.75, 3.05) is 14.2 Å². The molecule has 0 amide bonds. The van der Waals surface area contributed by atoms with E-state index >= 15 is 0 Å². The summed E-state index contributed by atoms with van der Waals surface area (Å²) >= 11 is 6.31. The van der Waals surface area contributed by atoms with E-state index in [0.29, 0.717) is 27.6 Å². The fourth-order valence-electron chi connectivity index (χ4n) is 2.17. The van der Waals surface area contributed by atoms with E-state index in [9.17, 15) is 9.90 Å². The van der Waals surface area contributed by atoms with Crippen LogP contribution in [0.4, 0.5) is 0 Å². The molecule has 0 spiro atoms. The van der Waals surface area contributed by atoms with Gasteiger partial charge in [0.2, 0.25) is 0 Å². The molecule has 23 heavy (non-hydrogen) atoms. The van der Waals surface area contributed by atoms with Gasteiger partial charge in [0.05, 0.1) is 24.8 Å². The predicted octanol–water partition coefficient (Wildman–Crippen LogP) is 4.29. The zero-order chi connectivity index (χ0) is 17.0. The van der Waals surface area contributed by atoms with E-state index in [1.807, 2.05) is 19.1 Å². The van der Waals surface area contributed by atoms with Crippen LogP contribution in [0.2, 0.25) is 5.02 Å². The number of ether oxygens (including phenoxy) is 2. The highest BCUT2D eigenvalue weighted by molar-refractivity contribution is 6.34. The summed E-state index contributed by atoms with van der Waals surface area (Å²) in [5.74, 6) is -0.168. The van der Waals surface area contributed by atoms with E-state index < -0.39 is 5.97 Å². The van der Waals surface area contributed by atoms with Gasteiger partial charge in [-0.15, -0.1) is 0 Å². The Balaban J connectivity index is 2.56. The normalized spacial score (nSPS) is 11.2. The number of halogens is 1. The van der Waals surface area contributed by atoms with Gasteiger partial charge in [-0.2, -0.15) is 0 Å². The highest BCUT2D eigenvalue weighted by atomic mass is 35.5. The van der Waals surface area contributed by atoms with Crippen LogP contribution in [-0.2, 0) is 4.79 Å². The molecule has 0 aliphatic rings. The number of carboxylic acids is 1. The molecule has 120 valence electrons. The minimum absolute atomic E-state index is 0.152. The molecule has 5 heteroatoms. The first-order valence-corrected chi connectivity index (χ1v) is 7.28. The van der Waals surface area contributed by atoms with Gasteiger partial charge in [0.1, 0.15) is 0 Å². The molecule has 2 aromatic rings. The summed E-state index contributed by atoms with van der Waals surface area (Å²) in [7, 11) is 2.99. The van der Waals surface area contributed by atoms with Gasteiger partial charge in [0, 0.05) is 0 Å². The summed E-state index contributed by atoms with van der Waals surface area (Å²) in [6.07, 6.45) is 1.53. The maximum absolute atomic E-state index is 11.6. The summed E-state index contributed by atoms with van der Waals surface area (Å²) in [6, 6.07) is 10.6. The molecule has 0 aliphatic heterocycles. The van der Waals surface area contributed by atoms with Crippen LogP contribution in [0, 0.1) is 6.92 Å². The van der Waals surface area contributed by atoms with E-state index in [-0.39, 0.29) is 5.57 Å². The van der Waals surface area contributed by atoms with Crippen LogP contribution in [0.15, 0.2) is 36.4 Å². The second kappa shape index (κ2) is 7.20. The average Bonchev–Trinajstić information content (AvgIpc) is 2.54. The lowest BCUT2D eigenvalue weighted by atomic mass is 10.0. The molecule has 2 aromatic carbocycles.